The highest BCUT2D eigenvalue weighted by Gasteiger charge is 2.23. The van der Waals surface area contributed by atoms with Gasteiger partial charge in [-0.2, -0.15) is 0 Å². The van der Waals surface area contributed by atoms with Gasteiger partial charge in [0, 0.05) is 31.0 Å². The van der Waals surface area contributed by atoms with Crippen LogP contribution in [0.1, 0.15) is 33.7 Å². The molecule has 1 atom stereocenters. The quantitative estimate of drug-likeness (QED) is 0.0675. The summed E-state index contributed by atoms with van der Waals surface area (Å²) in [5, 5.41) is 8.18. The maximum Gasteiger partial charge on any atom is 0.272 e. The summed E-state index contributed by atoms with van der Waals surface area (Å²) in [6.45, 7) is 2.33. The highest BCUT2D eigenvalue weighted by atomic mass is 127. The molecule has 9 heteroatoms. The first kappa shape index (κ1) is 33.5. The lowest BCUT2D eigenvalue weighted by Crippen LogP contribution is -2.30. The minimum atomic E-state index is -0.510. The summed E-state index contributed by atoms with van der Waals surface area (Å²) < 4.78 is 6.82. The molecule has 5 aromatic carbocycles. The Morgan fingerprint density at radius 2 is 1.34 bits per heavy atom. The van der Waals surface area contributed by atoms with E-state index in [0.717, 1.165) is 19.7 Å². The van der Waals surface area contributed by atoms with Crippen LogP contribution in [0.4, 0.5) is 11.4 Å². The normalized spacial score (nSPS) is 11.7. The zero-order chi connectivity index (χ0) is 33.0. The van der Waals surface area contributed by atoms with Crippen molar-refractivity contribution in [3.8, 4) is 5.75 Å². The molecule has 1 unspecified atom stereocenters. The molecule has 0 fully saturated rings. The van der Waals surface area contributed by atoms with Crippen molar-refractivity contribution >= 4 is 69.5 Å². The van der Waals surface area contributed by atoms with Crippen LogP contribution in [0, 0.1) is 3.57 Å². The molecule has 0 aromatic heterocycles. The van der Waals surface area contributed by atoms with E-state index in [1.165, 1.54) is 11.8 Å². The Hall–Kier alpha value is -4.87. The standard InChI is InChI=1S/C38H32IN3O4S/c1-2-46-34-16-10-9-15-28(34)25-33(42-36(43)27-13-7-4-8-14-27)37(44)40-31-21-23-32(24-22-31)47-35(26-11-5-3-6-12-26)38(45)41-30-19-17-29(39)18-20-30/h3-25,35H,2H2,1H3,(H,40,44)(H,41,45)(H,42,43)/b33-25-. The average Bonchev–Trinajstić information content (AvgIpc) is 3.10. The summed E-state index contributed by atoms with van der Waals surface area (Å²) in [6, 6.07) is 40.5. The van der Waals surface area contributed by atoms with Crippen LogP contribution in [0.15, 0.2) is 144 Å². The minimum absolute atomic E-state index is 0.0564. The Labute approximate surface area is 292 Å². The van der Waals surface area contributed by atoms with Crippen molar-refractivity contribution < 1.29 is 19.1 Å². The second-order valence-corrected chi connectivity index (χ2v) is 12.7. The van der Waals surface area contributed by atoms with E-state index >= 15 is 0 Å². The van der Waals surface area contributed by atoms with Crippen LogP contribution in [-0.2, 0) is 9.59 Å². The van der Waals surface area contributed by atoms with Crippen LogP contribution in [0.2, 0.25) is 0 Å². The monoisotopic (exact) mass is 753 g/mol. The van der Waals surface area contributed by atoms with Crippen molar-refractivity contribution in [1.29, 1.82) is 0 Å². The van der Waals surface area contributed by atoms with Gasteiger partial charge in [0.1, 0.15) is 16.7 Å². The summed E-state index contributed by atoms with van der Waals surface area (Å²) in [5.74, 6) is -0.464. The van der Waals surface area contributed by atoms with Gasteiger partial charge in [0.05, 0.1) is 6.61 Å². The maximum atomic E-state index is 13.6. The van der Waals surface area contributed by atoms with Crippen LogP contribution in [-0.4, -0.2) is 24.3 Å². The third kappa shape index (κ3) is 9.57. The summed E-state index contributed by atoms with van der Waals surface area (Å²) in [4.78, 5) is 41.0. The van der Waals surface area contributed by atoms with Crippen LogP contribution in [0.3, 0.4) is 0 Å². The van der Waals surface area contributed by atoms with Crippen LogP contribution in [0.25, 0.3) is 6.08 Å². The van der Waals surface area contributed by atoms with Gasteiger partial charge < -0.3 is 20.7 Å². The predicted molar refractivity (Wildman–Crippen MR) is 197 cm³/mol. The SMILES string of the molecule is CCOc1ccccc1/C=C(\NC(=O)c1ccccc1)C(=O)Nc1ccc(SC(C(=O)Nc2ccc(I)cc2)c2ccccc2)cc1. The van der Waals surface area contributed by atoms with E-state index in [9.17, 15) is 14.4 Å². The van der Waals surface area contributed by atoms with Crippen molar-refractivity contribution in [1.82, 2.24) is 5.32 Å². The van der Waals surface area contributed by atoms with Gasteiger partial charge >= 0.3 is 0 Å². The van der Waals surface area contributed by atoms with Crippen molar-refractivity contribution in [3.05, 3.63) is 159 Å². The molecule has 0 aliphatic heterocycles. The second-order valence-electron chi connectivity index (χ2n) is 10.2. The Kier molecular flexibility index (Phi) is 11.8. The second kappa shape index (κ2) is 16.6. The number of hydrogen-bond donors (Lipinski definition) is 3. The first-order valence-electron chi connectivity index (χ1n) is 14.9. The molecule has 0 radical (unpaired) electrons. The van der Waals surface area contributed by atoms with Crippen LogP contribution in [0.5, 0.6) is 5.75 Å². The molecule has 0 saturated heterocycles. The number of halogens is 1. The largest absolute Gasteiger partial charge is 0.493 e. The molecule has 0 bridgehead atoms. The first-order chi connectivity index (χ1) is 22.9. The number of amides is 3. The molecule has 5 aromatic rings. The van der Waals surface area contributed by atoms with E-state index in [-0.39, 0.29) is 11.6 Å². The predicted octanol–water partition coefficient (Wildman–Crippen LogP) is 8.57. The molecule has 0 heterocycles. The molecule has 0 spiro atoms. The summed E-state index contributed by atoms with van der Waals surface area (Å²) in [5.41, 5.74) is 3.24. The van der Waals surface area contributed by atoms with Gasteiger partial charge in [0.15, 0.2) is 0 Å². The van der Waals surface area contributed by atoms with E-state index in [1.807, 2.05) is 104 Å². The maximum absolute atomic E-state index is 13.6. The molecular formula is C38H32IN3O4S. The molecule has 3 amide bonds. The average molecular weight is 754 g/mol. The Morgan fingerprint density at radius 3 is 2.02 bits per heavy atom. The fourth-order valence-corrected chi connectivity index (χ4v) is 5.96. The number of hydrogen-bond acceptors (Lipinski definition) is 5. The molecule has 0 aliphatic carbocycles. The van der Waals surface area contributed by atoms with E-state index < -0.39 is 17.1 Å². The smallest absolute Gasteiger partial charge is 0.272 e. The van der Waals surface area contributed by atoms with Gasteiger partial charge in [0.25, 0.3) is 11.8 Å². The van der Waals surface area contributed by atoms with Crippen molar-refractivity contribution in [2.75, 3.05) is 17.2 Å². The minimum Gasteiger partial charge on any atom is -0.493 e. The third-order valence-corrected chi connectivity index (χ3v) is 8.85. The fraction of sp³-hybridized carbons (Fsp3) is 0.0789. The number of thioether (sulfide) groups is 1. The van der Waals surface area contributed by atoms with Gasteiger partial charge in [-0.25, -0.2) is 0 Å². The van der Waals surface area contributed by atoms with Crippen molar-refractivity contribution in [3.63, 3.8) is 0 Å². The number of rotatable bonds is 12. The van der Waals surface area contributed by atoms with Gasteiger partial charge in [-0.15, -0.1) is 11.8 Å². The summed E-state index contributed by atoms with van der Waals surface area (Å²) >= 11 is 3.64. The summed E-state index contributed by atoms with van der Waals surface area (Å²) in [6.07, 6.45) is 1.60. The van der Waals surface area contributed by atoms with E-state index in [0.29, 0.717) is 29.2 Å². The lowest BCUT2D eigenvalue weighted by Gasteiger charge is -2.18. The Balaban J connectivity index is 1.34. The molecule has 0 aliphatic rings. The molecule has 236 valence electrons. The lowest BCUT2D eigenvalue weighted by atomic mass is 10.1. The van der Waals surface area contributed by atoms with E-state index in [2.05, 4.69) is 38.5 Å². The van der Waals surface area contributed by atoms with Gasteiger partial charge in [-0.3, -0.25) is 14.4 Å². The van der Waals surface area contributed by atoms with E-state index in [1.54, 1.807) is 42.5 Å². The third-order valence-electron chi connectivity index (χ3n) is 6.87. The van der Waals surface area contributed by atoms with Crippen molar-refractivity contribution in [2.24, 2.45) is 0 Å². The zero-order valence-corrected chi connectivity index (χ0v) is 28.5. The van der Waals surface area contributed by atoms with Gasteiger partial charge in [-0.05, 0) is 108 Å². The lowest BCUT2D eigenvalue weighted by molar-refractivity contribution is -0.116. The zero-order valence-electron chi connectivity index (χ0n) is 25.5. The number of carbonyl (C=O) groups excluding carboxylic acids is 3. The number of benzene rings is 5. The number of carbonyl (C=O) groups is 3. The van der Waals surface area contributed by atoms with Gasteiger partial charge in [0.2, 0.25) is 5.91 Å². The van der Waals surface area contributed by atoms with Gasteiger partial charge in [-0.1, -0.05) is 66.7 Å². The van der Waals surface area contributed by atoms with E-state index in [4.69, 9.17) is 4.74 Å². The molecular weight excluding hydrogens is 721 g/mol. The first-order valence-corrected chi connectivity index (χ1v) is 16.8. The Bertz CT molecular complexity index is 1850. The molecule has 5 rings (SSSR count). The fourth-order valence-electron chi connectivity index (χ4n) is 4.58. The number of nitrogens with one attached hydrogen (secondary N) is 3. The Morgan fingerprint density at radius 1 is 0.745 bits per heavy atom. The van der Waals surface area contributed by atoms with Crippen molar-refractivity contribution in [2.45, 2.75) is 17.1 Å². The van der Waals surface area contributed by atoms with Crippen LogP contribution >= 0.6 is 34.4 Å². The molecule has 7 nitrogen and oxygen atoms in total. The highest BCUT2D eigenvalue weighted by molar-refractivity contribution is 14.1. The number of para-hydroxylation sites is 1. The molecule has 47 heavy (non-hydrogen) atoms. The topological polar surface area (TPSA) is 96.5 Å². The number of ether oxygens (including phenoxy) is 1. The van der Waals surface area contributed by atoms with Crippen LogP contribution < -0.4 is 20.7 Å². The highest BCUT2D eigenvalue weighted by Crippen LogP contribution is 2.37. The summed E-state index contributed by atoms with van der Waals surface area (Å²) in [7, 11) is 0. The molecule has 0 saturated carbocycles. The molecule has 3 N–H and O–H groups in total. The number of anilines is 2.